The maximum Gasteiger partial charge on any atom is 0.239 e. The molecule has 5 heteroatoms. The van der Waals surface area contributed by atoms with Crippen molar-refractivity contribution < 1.29 is 9.59 Å². The summed E-state index contributed by atoms with van der Waals surface area (Å²) in [6.45, 7) is 2.09. The first-order valence-electron chi connectivity index (χ1n) is 5.93. The topological polar surface area (TPSA) is 84.2 Å². The summed E-state index contributed by atoms with van der Waals surface area (Å²) < 4.78 is 0. The number of carbonyl (C=O) groups is 2. The Morgan fingerprint density at radius 2 is 1.89 bits per heavy atom. The van der Waals surface area contributed by atoms with Crippen LogP contribution in [0.2, 0.25) is 0 Å². The minimum atomic E-state index is -0.595. The molecule has 0 bridgehead atoms. The summed E-state index contributed by atoms with van der Waals surface area (Å²) in [5.41, 5.74) is 6.52. The van der Waals surface area contributed by atoms with Crippen LogP contribution in [0.1, 0.15) is 12.5 Å². The van der Waals surface area contributed by atoms with E-state index in [0.717, 1.165) is 12.0 Å². The van der Waals surface area contributed by atoms with Crippen molar-refractivity contribution in [3.05, 3.63) is 35.9 Å². The Kier molecular flexibility index (Phi) is 5.87. The van der Waals surface area contributed by atoms with Gasteiger partial charge < -0.3 is 16.4 Å². The zero-order valence-corrected chi connectivity index (χ0v) is 10.5. The number of benzene rings is 1. The Balaban J connectivity index is 2.16. The summed E-state index contributed by atoms with van der Waals surface area (Å²) in [5, 5.41) is 5.19. The molecule has 0 saturated carbocycles. The molecule has 0 aliphatic rings. The van der Waals surface area contributed by atoms with Crippen molar-refractivity contribution in [2.75, 3.05) is 13.1 Å². The minimum absolute atomic E-state index is 0.0326. The summed E-state index contributed by atoms with van der Waals surface area (Å²) in [7, 11) is 0. The Labute approximate surface area is 107 Å². The number of nitrogens with one attached hydrogen (secondary N) is 2. The highest BCUT2D eigenvalue weighted by molar-refractivity contribution is 5.86. The highest BCUT2D eigenvalue weighted by atomic mass is 16.2. The highest BCUT2D eigenvalue weighted by Gasteiger charge is 2.08. The predicted molar refractivity (Wildman–Crippen MR) is 69.8 cm³/mol. The van der Waals surface area contributed by atoms with Crippen molar-refractivity contribution >= 4 is 11.8 Å². The molecule has 0 heterocycles. The SMILES string of the molecule is C[C@@H](N)C(=O)NCC(=O)NCCc1ccccc1. The molecule has 0 spiro atoms. The third kappa shape index (κ3) is 5.45. The maximum atomic E-state index is 11.4. The van der Waals surface area contributed by atoms with Crippen molar-refractivity contribution in [3.63, 3.8) is 0 Å². The van der Waals surface area contributed by atoms with Crippen LogP contribution in [0.3, 0.4) is 0 Å². The summed E-state index contributed by atoms with van der Waals surface area (Å²) in [6.07, 6.45) is 0.772. The van der Waals surface area contributed by atoms with Gasteiger partial charge in [0.15, 0.2) is 0 Å². The first-order valence-corrected chi connectivity index (χ1v) is 5.93. The molecular weight excluding hydrogens is 230 g/mol. The molecule has 1 aromatic carbocycles. The smallest absolute Gasteiger partial charge is 0.239 e. The lowest BCUT2D eigenvalue weighted by atomic mass is 10.1. The predicted octanol–water partition coefficient (Wildman–Crippen LogP) is -0.191. The molecule has 1 aromatic rings. The molecule has 0 aliphatic heterocycles. The van der Waals surface area contributed by atoms with E-state index in [-0.39, 0.29) is 18.4 Å². The lowest BCUT2D eigenvalue weighted by Crippen LogP contribution is -2.43. The second-order valence-electron chi connectivity index (χ2n) is 4.09. The number of carbonyl (C=O) groups excluding carboxylic acids is 2. The van der Waals surface area contributed by atoms with Crippen molar-refractivity contribution in [1.29, 1.82) is 0 Å². The Morgan fingerprint density at radius 1 is 1.22 bits per heavy atom. The molecule has 5 nitrogen and oxygen atoms in total. The van der Waals surface area contributed by atoms with Crippen LogP contribution in [0.25, 0.3) is 0 Å². The van der Waals surface area contributed by atoms with E-state index in [0.29, 0.717) is 6.54 Å². The highest BCUT2D eigenvalue weighted by Crippen LogP contribution is 1.97. The number of amides is 2. The molecule has 2 amide bonds. The standard InChI is InChI=1S/C13H19N3O2/c1-10(14)13(18)16-9-12(17)15-8-7-11-5-3-2-4-6-11/h2-6,10H,7-9,14H2,1H3,(H,15,17)(H,16,18)/t10-/m1/s1. The molecule has 0 unspecified atom stereocenters. The normalized spacial score (nSPS) is 11.7. The first kappa shape index (κ1) is 14.2. The molecular formula is C13H19N3O2. The van der Waals surface area contributed by atoms with E-state index in [1.54, 1.807) is 6.92 Å². The van der Waals surface area contributed by atoms with E-state index in [4.69, 9.17) is 5.73 Å². The van der Waals surface area contributed by atoms with Crippen LogP contribution in [0.15, 0.2) is 30.3 Å². The quantitative estimate of drug-likeness (QED) is 0.653. The molecule has 98 valence electrons. The van der Waals surface area contributed by atoms with Crippen LogP contribution in [-0.2, 0) is 16.0 Å². The zero-order valence-electron chi connectivity index (χ0n) is 10.5. The largest absolute Gasteiger partial charge is 0.354 e. The molecule has 0 radical (unpaired) electrons. The zero-order chi connectivity index (χ0) is 13.4. The minimum Gasteiger partial charge on any atom is -0.354 e. The number of nitrogens with two attached hydrogens (primary N) is 1. The van der Waals surface area contributed by atoms with Gasteiger partial charge in [-0.2, -0.15) is 0 Å². The van der Waals surface area contributed by atoms with Crippen LogP contribution >= 0.6 is 0 Å². The maximum absolute atomic E-state index is 11.4. The van der Waals surface area contributed by atoms with Gasteiger partial charge in [0.2, 0.25) is 11.8 Å². The lowest BCUT2D eigenvalue weighted by Gasteiger charge is -2.08. The molecule has 4 N–H and O–H groups in total. The molecule has 0 saturated heterocycles. The third-order valence-electron chi connectivity index (χ3n) is 2.42. The van der Waals surface area contributed by atoms with Crippen LogP contribution in [0.5, 0.6) is 0 Å². The van der Waals surface area contributed by atoms with Crippen molar-refractivity contribution in [1.82, 2.24) is 10.6 Å². The van der Waals surface area contributed by atoms with Gasteiger partial charge in [0.1, 0.15) is 0 Å². The second-order valence-corrected chi connectivity index (χ2v) is 4.09. The summed E-state index contributed by atoms with van der Waals surface area (Å²) in [5.74, 6) is -0.534. The van der Waals surface area contributed by atoms with E-state index in [9.17, 15) is 9.59 Å². The van der Waals surface area contributed by atoms with Crippen LogP contribution in [0.4, 0.5) is 0 Å². The monoisotopic (exact) mass is 249 g/mol. The van der Waals surface area contributed by atoms with Gasteiger partial charge >= 0.3 is 0 Å². The average Bonchev–Trinajstić information content (AvgIpc) is 2.37. The van der Waals surface area contributed by atoms with E-state index >= 15 is 0 Å². The number of hydrogen-bond donors (Lipinski definition) is 3. The van der Waals surface area contributed by atoms with Crippen molar-refractivity contribution in [2.24, 2.45) is 5.73 Å². The van der Waals surface area contributed by atoms with Crippen LogP contribution in [0, 0.1) is 0 Å². The van der Waals surface area contributed by atoms with Gasteiger partial charge in [0.05, 0.1) is 12.6 Å². The lowest BCUT2D eigenvalue weighted by molar-refractivity contribution is -0.126. The van der Waals surface area contributed by atoms with Crippen LogP contribution in [-0.4, -0.2) is 30.9 Å². The van der Waals surface area contributed by atoms with Gasteiger partial charge in [-0.15, -0.1) is 0 Å². The fraction of sp³-hybridized carbons (Fsp3) is 0.385. The fourth-order valence-electron chi connectivity index (χ4n) is 1.38. The Hall–Kier alpha value is -1.88. The molecule has 18 heavy (non-hydrogen) atoms. The van der Waals surface area contributed by atoms with Gasteiger partial charge in [-0.3, -0.25) is 9.59 Å². The molecule has 0 fully saturated rings. The van der Waals surface area contributed by atoms with Gasteiger partial charge in [-0.25, -0.2) is 0 Å². The van der Waals surface area contributed by atoms with E-state index in [1.165, 1.54) is 0 Å². The summed E-state index contributed by atoms with van der Waals surface area (Å²) >= 11 is 0. The Bertz CT molecular complexity index is 390. The van der Waals surface area contributed by atoms with Crippen molar-refractivity contribution in [2.45, 2.75) is 19.4 Å². The van der Waals surface area contributed by atoms with E-state index < -0.39 is 6.04 Å². The number of rotatable bonds is 6. The van der Waals surface area contributed by atoms with Gasteiger partial charge in [-0.1, -0.05) is 30.3 Å². The van der Waals surface area contributed by atoms with Crippen LogP contribution < -0.4 is 16.4 Å². The second kappa shape index (κ2) is 7.45. The third-order valence-corrected chi connectivity index (χ3v) is 2.42. The first-order chi connectivity index (χ1) is 8.59. The fourth-order valence-corrected chi connectivity index (χ4v) is 1.38. The molecule has 1 atom stereocenters. The Morgan fingerprint density at radius 3 is 2.50 bits per heavy atom. The van der Waals surface area contributed by atoms with E-state index in [1.807, 2.05) is 30.3 Å². The number of hydrogen-bond acceptors (Lipinski definition) is 3. The van der Waals surface area contributed by atoms with E-state index in [2.05, 4.69) is 10.6 Å². The summed E-state index contributed by atoms with van der Waals surface area (Å²) in [4.78, 5) is 22.5. The average molecular weight is 249 g/mol. The van der Waals surface area contributed by atoms with Gasteiger partial charge in [-0.05, 0) is 18.9 Å². The van der Waals surface area contributed by atoms with Gasteiger partial charge in [0.25, 0.3) is 0 Å². The van der Waals surface area contributed by atoms with Crippen molar-refractivity contribution in [3.8, 4) is 0 Å². The summed E-state index contributed by atoms with van der Waals surface area (Å²) in [6, 6.07) is 9.28. The molecule has 1 rings (SSSR count). The van der Waals surface area contributed by atoms with Gasteiger partial charge in [0, 0.05) is 6.54 Å². The molecule has 0 aromatic heterocycles. The molecule has 0 aliphatic carbocycles.